The summed E-state index contributed by atoms with van der Waals surface area (Å²) in [5, 5.41) is 2.83. The number of carbonyl (C=O) groups excluding carboxylic acids is 1. The number of hydrogen-bond donors (Lipinski definition) is 2. The molecule has 2 rings (SSSR count). The smallest absolute Gasteiger partial charge is 0.233 e. The molecule has 0 atom stereocenters. The fraction of sp³-hybridized carbons (Fsp3) is 0.333. The molecule has 0 aromatic carbocycles. The number of carbonyl (C=O) groups is 1. The van der Waals surface area contributed by atoms with E-state index in [0.29, 0.717) is 17.6 Å². The molecule has 0 bridgehead atoms. The Bertz CT molecular complexity index is 543. The highest BCUT2D eigenvalue weighted by Crippen LogP contribution is 2.18. The van der Waals surface area contributed by atoms with E-state index >= 15 is 0 Å². The van der Waals surface area contributed by atoms with Crippen LogP contribution in [0.25, 0.3) is 11.2 Å². The van der Waals surface area contributed by atoms with Crippen LogP contribution in [-0.4, -0.2) is 37.9 Å². The van der Waals surface area contributed by atoms with Gasteiger partial charge in [-0.2, -0.15) is 21.7 Å². The number of nitrogens with zero attached hydrogens (tertiary/aromatic N) is 3. The second-order valence-corrected chi connectivity index (χ2v) is 4.57. The number of nitrogens with one attached hydrogen (secondary N) is 2. The van der Waals surface area contributed by atoms with Gasteiger partial charge in [0.1, 0.15) is 5.52 Å². The lowest BCUT2D eigenvalue weighted by atomic mass is 10.4. The standard InChI is InChI=1S/C9H10ClN5OS/c1-17-3-2-5(16)13-9-14-7(10)6-8(15-9)12-4-11-6/h4H,2-3H2,1H3,(H2,11,12,13,14,15,16). The SMILES string of the molecule is CSCCC(=O)Nc1nc(Cl)c2[nH]cnc2n1. The topological polar surface area (TPSA) is 83.6 Å². The van der Waals surface area contributed by atoms with Crippen molar-refractivity contribution >= 4 is 46.4 Å². The molecule has 0 aliphatic heterocycles. The molecule has 2 aromatic rings. The summed E-state index contributed by atoms with van der Waals surface area (Å²) in [5.41, 5.74) is 0.999. The quantitative estimate of drug-likeness (QED) is 0.827. The normalized spacial score (nSPS) is 10.7. The maximum Gasteiger partial charge on any atom is 0.233 e. The summed E-state index contributed by atoms with van der Waals surface area (Å²) in [6.07, 6.45) is 3.84. The van der Waals surface area contributed by atoms with Gasteiger partial charge in [-0.3, -0.25) is 10.1 Å². The minimum Gasteiger partial charge on any atom is -0.341 e. The molecule has 8 heteroatoms. The van der Waals surface area contributed by atoms with Gasteiger partial charge in [0.25, 0.3) is 0 Å². The van der Waals surface area contributed by atoms with Crippen molar-refractivity contribution in [1.29, 1.82) is 0 Å². The average molecular weight is 272 g/mol. The van der Waals surface area contributed by atoms with Gasteiger partial charge >= 0.3 is 0 Å². The van der Waals surface area contributed by atoms with Gasteiger partial charge in [0.05, 0.1) is 6.33 Å². The van der Waals surface area contributed by atoms with E-state index in [1.54, 1.807) is 11.8 Å². The molecular formula is C9H10ClN5OS. The number of aromatic amines is 1. The van der Waals surface area contributed by atoms with E-state index in [0.717, 1.165) is 5.75 Å². The van der Waals surface area contributed by atoms with Gasteiger partial charge in [0.2, 0.25) is 11.9 Å². The van der Waals surface area contributed by atoms with Crippen LogP contribution in [0.15, 0.2) is 6.33 Å². The maximum absolute atomic E-state index is 11.5. The van der Waals surface area contributed by atoms with E-state index < -0.39 is 0 Å². The summed E-state index contributed by atoms with van der Waals surface area (Å²) in [5.74, 6) is 0.801. The van der Waals surface area contributed by atoms with Crippen LogP contribution in [0, 0.1) is 0 Å². The second-order valence-electron chi connectivity index (χ2n) is 3.23. The number of thioether (sulfide) groups is 1. The van der Waals surface area contributed by atoms with E-state index in [-0.39, 0.29) is 17.0 Å². The van der Waals surface area contributed by atoms with Crippen molar-refractivity contribution in [3.05, 3.63) is 11.5 Å². The molecule has 2 aromatic heterocycles. The maximum atomic E-state index is 11.5. The van der Waals surface area contributed by atoms with Gasteiger partial charge in [-0.1, -0.05) is 11.6 Å². The van der Waals surface area contributed by atoms with Crippen molar-refractivity contribution in [2.24, 2.45) is 0 Å². The molecule has 0 saturated carbocycles. The Morgan fingerprint density at radius 2 is 2.41 bits per heavy atom. The van der Waals surface area contributed by atoms with E-state index in [2.05, 4.69) is 25.3 Å². The molecule has 1 amide bonds. The molecule has 2 N–H and O–H groups in total. The van der Waals surface area contributed by atoms with Gasteiger partial charge in [-0.05, 0) is 6.26 Å². The fourth-order valence-corrected chi connectivity index (χ4v) is 1.84. The number of imidazole rings is 1. The van der Waals surface area contributed by atoms with Gasteiger partial charge in [0, 0.05) is 12.2 Å². The lowest BCUT2D eigenvalue weighted by Gasteiger charge is -2.03. The number of aromatic nitrogens is 4. The van der Waals surface area contributed by atoms with Crippen LogP contribution in [0.5, 0.6) is 0 Å². The Labute approximate surface area is 107 Å². The van der Waals surface area contributed by atoms with Crippen LogP contribution in [0.3, 0.4) is 0 Å². The predicted octanol–water partition coefficient (Wildman–Crippen LogP) is 1.70. The fourth-order valence-electron chi connectivity index (χ4n) is 1.24. The Hall–Kier alpha value is -1.34. The van der Waals surface area contributed by atoms with Crippen LogP contribution in [0.2, 0.25) is 5.15 Å². The van der Waals surface area contributed by atoms with Crippen LogP contribution in [0.1, 0.15) is 6.42 Å². The molecule has 0 unspecified atom stereocenters. The zero-order valence-corrected chi connectivity index (χ0v) is 10.6. The molecule has 0 aliphatic carbocycles. The lowest BCUT2D eigenvalue weighted by Crippen LogP contribution is -2.14. The molecule has 2 heterocycles. The summed E-state index contributed by atoms with van der Waals surface area (Å²) in [6.45, 7) is 0. The van der Waals surface area contributed by atoms with E-state index in [9.17, 15) is 4.79 Å². The number of fused-ring (bicyclic) bond motifs is 1. The van der Waals surface area contributed by atoms with Crippen LogP contribution in [-0.2, 0) is 4.79 Å². The highest BCUT2D eigenvalue weighted by molar-refractivity contribution is 7.98. The molecule has 0 saturated heterocycles. The first kappa shape index (κ1) is 12.1. The zero-order chi connectivity index (χ0) is 12.3. The summed E-state index contributed by atoms with van der Waals surface area (Å²) < 4.78 is 0. The highest BCUT2D eigenvalue weighted by Gasteiger charge is 2.10. The predicted molar refractivity (Wildman–Crippen MR) is 68.3 cm³/mol. The van der Waals surface area contributed by atoms with Crippen molar-refractivity contribution in [2.45, 2.75) is 6.42 Å². The second kappa shape index (κ2) is 5.33. The number of H-pyrrole nitrogens is 1. The van der Waals surface area contributed by atoms with Crippen LogP contribution in [0.4, 0.5) is 5.95 Å². The first-order valence-electron chi connectivity index (χ1n) is 4.86. The minimum absolute atomic E-state index is 0.134. The monoisotopic (exact) mass is 271 g/mol. The third-order valence-electron chi connectivity index (χ3n) is 2.03. The van der Waals surface area contributed by atoms with Crippen molar-refractivity contribution in [2.75, 3.05) is 17.3 Å². The summed E-state index contributed by atoms with van der Waals surface area (Å²) in [4.78, 5) is 26.3. The summed E-state index contributed by atoms with van der Waals surface area (Å²) in [6, 6.07) is 0. The van der Waals surface area contributed by atoms with E-state index in [4.69, 9.17) is 11.6 Å². The van der Waals surface area contributed by atoms with Crippen molar-refractivity contribution in [3.8, 4) is 0 Å². The van der Waals surface area contributed by atoms with Gasteiger partial charge in [0.15, 0.2) is 10.8 Å². The molecule has 17 heavy (non-hydrogen) atoms. The molecule has 0 radical (unpaired) electrons. The van der Waals surface area contributed by atoms with Gasteiger partial charge in [-0.15, -0.1) is 0 Å². The van der Waals surface area contributed by atoms with E-state index in [1.807, 2.05) is 6.26 Å². The molecule has 0 spiro atoms. The van der Waals surface area contributed by atoms with Crippen LogP contribution >= 0.6 is 23.4 Å². The Kier molecular flexibility index (Phi) is 3.80. The summed E-state index contributed by atoms with van der Waals surface area (Å²) in [7, 11) is 0. The molecular weight excluding hydrogens is 262 g/mol. The van der Waals surface area contributed by atoms with Crippen LogP contribution < -0.4 is 5.32 Å². The minimum atomic E-state index is -0.134. The largest absolute Gasteiger partial charge is 0.341 e. The van der Waals surface area contributed by atoms with Crippen molar-refractivity contribution < 1.29 is 4.79 Å². The lowest BCUT2D eigenvalue weighted by molar-refractivity contribution is -0.115. The van der Waals surface area contributed by atoms with Gasteiger partial charge < -0.3 is 4.98 Å². The molecule has 0 aliphatic rings. The van der Waals surface area contributed by atoms with Crippen molar-refractivity contribution in [1.82, 2.24) is 19.9 Å². The number of anilines is 1. The number of halogens is 1. The molecule has 90 valence electrons. The number of rotatable bonds is 4. The molecule has 0 fully saturated rings. The average Bonchev–Trinajstić information content (AvgIpc) is 2.75. The highest BCUT2D eigenvalue weighted by atomic mass is 35.5. The van der Waals surface area contributed by atoms with E-state index in [1.165, 1.54) is 6.33 Å². The zero-order valence-electron chi connectivity index (χ0n) is 9.03. The molecule has 6 nitrogen and oxygen atoms in total. The third kappa shape index (κ3) is 2.86. The number of hydrogen-bond acceptors (Lipinski definition) is 5. The Morgan fingerprint density at radius 1 is 1.59 bits per heavy atom. The Morgan fingerprint density at radius 3 is 3.18 bits per heavy atom. The summed E-state index contributed by atoms with van der Waals surface area (Å²) >= 11 is 7.52. The third-order valence-corrected chi connectivity index (χ3v) is 2.91. The van der Waals surface area contributed by atoms with Crippen molar-refractivity contribution in [3.63, 3.8) is 0 Å². The first-order valence-corrected chi connectivity index (χ1v) is 6.63. The first-order chi connectivity index (χ1) is 8.20. The Balaban J connectivity index is 2.16. The number of amides is 1. The van der Waals surface area contributed by atoms with Gasteiger partial charge in [-0.25, -0.2) is 4.98 Å².